The first kappa shape index (κ1) is 6.78. The predicted octanol–water partition coefficient (Wildman–Crippen LogP) is 0.714. The van der Waals surface area contributed by atoms with Gasteiger partial charge in [-0.05, 0) is 6.07 Å². The van der Waals surface area contributed by atoms with Gasteiger partial charge in [0.25, 0.3) is 0 Å². The number of nitrogens with two attached hydrogens (primary N) is 1. The van der Waals surface area contributed by atoms with Gasteiger partial charge in [-0.15, -0.1) is 0 Å². The van der Waals surface area contributed by atoms with E-state index in [1.54, 1.807) is 18.3 Å². The Morgan fingerprint density at radius 3 is 2.83 bits per heavy atom. The van der Waals surface area contributed by atoms with Gasteiger partial charge in [0.15, 0.2) is 0 Å². The van der Waals surface area contributed by atoms with E-state index >= 15 is 0 Å². The molecule has 0 amide bonds. The normalized spacial score (nSPS) is 10.0. The molecular formula is C7H6N4O. The Labute approximate surface area is 68.2 Å². The van der Waals surface area contributed by atoms with E-state index < -0.39 is 0 Å². The summed E-state index contributed by atoms with van der Waals surface area (Å²) >= 11 is 0. The lowest BCUT2D eigenvalue weighted by Gasteiger charge is -1.89. The van der Waals surface area contributed by atoms with Gasteiger partial charge in [-0.25, -0.2) is 9.97 Å². The van der Waals surface area contributed by atoms with Crippen LogP contribution < -0.4 is 5.73 Å². The summed E-state index contributed by atoms with van der Waals surface area (Å²) < 4.78 is 4.69. The van der Waals surface area contributed by atoms with E-state index in [4.69, 9.17) is 5.73 Å². The summed E-state index contributed by atoms with van der Waals surface area (Å²) in [6.45, 7) is 0. The number of rotatable bonds is 1. The van der Waals surface area contributed by atoms with Gasteiger partial charge >= 0.3 is 0 Å². The highest BCUT2D eigenvalue weighted by Crippen LogP contribution is 2.15. The highest BCUT2D eigenvalue weighted by molar-refractivity contribution is 5.55. The van der Waals surface area contributed by atoms with Crippen molar-refractivity contribution in [1.29, 1.82) is 0 Å². The standard InChI is InChI=1S/C7H6N4O/c8-7-3-6(11-12-7)5-1-2-9-4-10-5/h1-4H,8H2. The van der Waals surface area contributed by atoms with Crippen LogP contribution in [-0.2, 0) is 0 Å². The van der Waals surface area contributed by atoms with Crippen LogP contribution in [0.1, 0.15) is 0 Å². The highest BCUT2D eigenvalue weighted by atomic mass is 16.5. The van der Waals surface area contributed by atoms with Crippen LogP contribution in [0, 0.1) is 0 Å². The lowest BCUT2D eigenvalue weighted by atomic mass is 10.3. The summed E-state index contributed by atoms with van der Waals surface area (Å²) in [5, 5.41) is 3.70. The number of aromatic nitrogens is 3. The van der Waals surface area contributed by atoms with Crippen LogP contribution in [0.15, 0.2) is 29.2 Å². The van der Waals surface area contributed by atoms with E-state index in [1.165, 1.54) is 6.33 Å². The van der Waals surface area contributed by atoms with Crippen molar-refractivity contribution in [3.63, 3.8) is 0 Å². The second-order valence-corrected chi connectivity index (χ2v) is 2.21. The summed E-state index contributed by atoms with van der Waals surface area (Å²) in [5.41, 5.74) is 6.66. The quantitative estimate of drug-likeness (QED) is 0.668. The molecule has 2 heterocycles. The van der Waals surface area contributed by atoms with Crippen LogP contribution in [0.4, 0.5) is 5.88 Å². The van der Waals surface area contributed by atoms with Gasteiger partial charge in [-0.3, -0.25) is 0 Å². The van der Waals surface area contributed by atoms with E-state index in [0.717, 1.165) is 0 Å². The van der Waals surface area contributed by atoms with Gasteiger partial charge in [0.1, 0.15) is 12.0 Å². The molecule has 0 aliphatic rings. The Morgan fingerprint density at radius 1 is 1.33 bits per heavy atom. The van der Waals surface area contributed by atoms with Crippen molar-refractivity contribution in [3.8, 4) is 11.4 Å². The summed E-state index contributed by atoms with van der Waals surface area (Å²) in [7, 11) is 0. The first-order valence-corrected chi connectivity index (χ1v) is 3.35. The van der Waals surface area contributed by atoms with Crippen LogP contribution in [0.3, 0.4) is 0 Å². The molecule has 0 unspecified atom stereocenters. The van der Waals surface area contributed by atoms with E-state index in [9.17, 15) is 0 Å². The molecule has 5 nitrogen and oxygen atoms in total. The van der Waals surface area contributed by atoms with Gasteiger partial charge in [0, 0.05) is 12.3 Å². The zero-order valence-electron chi connectivity index (χ0n) is 6.14. The number of nitrogens with zero attached hydrogens (tertiary/aromatic N) is 3. The van der Waals surface area contributed by atoms with Crippen molar-refractivity contribution in [2.75, 3.05) is 5.73 Å². The first-order chi connectivity index (χ1) is 5.86. The van der Waals surface area contributed by atoms with Crippen molar-refractivity contribution in [2.45, 2.75) is 0 Å². The second kappa shape index (κ2) is 2.61. The predicted molar refractivity (Wildman–Crippen MR) is 41.9 cm³/mol. The molecule has 60 valence electrons. The monoisotopic (exact) mass is 162 g/mol. The third-order valence-corrected chi connectivity index (χ3v) is 1.37. The lowest BCUT2D eigenvalue weighted by molar-refractivity contribution is 0.439. The Morgan fingerprint density at radius 2 is 2.25 bits per heavy atom. The minimum absolute atomic E-state index is 0.281. The van der Waals surface area contributed by atoms with E-state index in [0.29, 0.717) is 11.4 Å². The molecule has 12 heavy (non-hydrogen) atoms. The molecular weight excluding hydrogens is 156 g/mol. The maximum atomic E-state index is 5.34. The molecule has 2 aromatic heterocycles. The van der Waals surface area contributed by atoms with E-state index in [-0.39, 0.29) is 5.88 Å². The maximum absolute atomic E-state index is 5.34. The third kappa shape index (κ3) is 1.12. The van der Waals surface area contributed by atoms with Crippen molar-refractivity contribution in [3.05, 3.63) is 24.7 Å². The summed E-state index contributed by atoms with van der Waals surface area (Å²) in [6.07, 6.45) is 3.08. The van der Waals surface area contributed by atoms with Gasteiger partial charge in [-0.2, -0.15) is 0 Å². The molecule has 2 aromatic rings. The van der Waals surface area contributed by atoms with Gasteiger partial charge in [0.05, 0.1) is 5.69 Å². The number of hydrogen-bond donors (Lipinski definition) is 1. The molecule has 0 saturated carbocycles. The molecule has 0 bridgehead atoms. The Bertz CT molecular complexity index is 370. The SMILES string of the molecule is Nc1cc(-c2ccncn2)no1. The van der Waals surface area contributed by atoms with Crippen molar-refractivity contribution in [1.82, 2.24) is 15.1 Å². The van der Waals surface area contributed by atoms with E-state index in [1.807, 2.05) is 0 Å². The van der Waals surface area contributed by atoms with Crippen LogP contribution in [0.25, 0.3) is 11.4 Å². The first-order valence-electron chi connectivity index (χ1n) is 3.35. The van der Waals surface area contributed by atoms with Gasteiger partial charge in [0.2, 0.25) is 5.88 Å². The fourth-order valence-corrected chi connectivity index (χ4v) is 0.852. The molecule has 0 aliphatic carbocycles. The Hall–Kier alpha value is -1.91. The second-order valence-electron chi connectivity index (χ2n) is 2.21. The average molecular weight is 162 g/mol. The van der Waals surface area contributed by atoms with Crippen LogP contribution in [0.5, 0.6) is 0 Å². The lowest BCUT2D eigenvalue weighted by Crippen LogP contribution is -1.82. The third-order valence-electron chi connectivity index (χ3n) is 1.37. The molecule has 0 atom stereocenters. The highest BCUT2D eigenvalue weighted by Gasteiger charge is 2.03. The molecule has 2 rings (SSSR count). The molecule has 0 fully saturated rings. The smallest absolute Gasteiger partial charge is 0.222 e. The molecule has 0 radical (unpaired) electrons. The number of anilines is 1. The van der Waals surface area contributed by atoms with Crippen LogP contribution >= 0.6 is 0 Å². The average Bonchev–Trinajstić information content (AvgIpc) is 2.54. The van der Waals surface area contributed by atoms with Gasteiger partial charge < -0.3 is 10.3 Å². The zero-order chi connectivity index (χ0) is 8.39. The van der Waals surface area contributed by atoms with Crippen molar-refractivity contribution < 1.29 is 4.52 Å². The molecule has 0 spiro atoms. The maximum Gasteiger partial charge on any atom is 0.222 e. The number of hydrogen-bond acceptors (Lipinski definition) is 5. The molecule has 0 saturated heterocycles. The Kier molecular flexibility index (Phi) is 1.48. The summed E-state index contributed by atoms with van der Waals surface area (Å²) in [6, 6.07) is 3.35. The topological polar surface area (TPSA) is 77.8 Å². The van der Waals surface area contributed by atoms with E-state index in [2.05, 4.69) is 19.6 Å². The molecule has 0 aliphatic heterocycles. The van der Waals surface area contributed by atoms with Crippen molar-refractivity contribution in [2.24, 2.45) is 0 Å². The largest absolute Gasteiger partial charge is 0.368 e. The summed E-state index contributed by atoms with van der Waals surface area (Å²) in [5.74, 6) is 0.281. The fourth-order valence-electron chi connectivity index (χ4n) is 0.852. The van der Waals surface area contributed by atoms with Crippen molar-refractivity contribution >= 4 is 5.88 Å². The van der Waals surface area contributed by atoms with Crippen LogP contribution in [0.2, 0.25) is 0 Å². The minimum atomic E-state index is 0.281. The fraction of sp³-hybridized carbons (Fsp3) is 0. The molecule has 5 heteroatoms. The van der Waals surface area contributed by atoms with Gasteiger partial charge in [-0.1, -0.05) is 5.16 Å². The zero-order valence-corrected chi connectivity index (χ0v) is 6.14. The number of nitrogen functional groups attached to an aromatic ring is 1. The molecule has 0 aromatic carbocycles. The van der Waals surface area contributed by atoms with Crippen LogP contribution in [-0.4, -0.2) is 15.1 Å². The summed E-state index contributed by atoms with van der Waals surface area (Å²) in [4.78, 5) is 7.75. The molecule has 2 N–H and O–H groups in total. The Balaban J connectivity index is 2.45. The minimum Gasteiger partial charge on any atom is -0.368 e.